The van der Waals surface area contributed by atoms with Crippen molar-refractivity contribution in [3.63, 3.8) is 0 Å². The summed E-state index contributed by atoms with van der Waals surface area (Å²) >= 11 is 8.70. The predicted octanol–water partition coefficient (Wildman–Crippen LogP) is 4.74. The molecule has 8 heteroatoms. The van der Waals surface area contributed by atoms with Gasteiger partial charge in [0, 0.05) is 11.7 Å². The molecule has 0 saturated heterocycles. The van der Waals surface area contributed by atoms with Crippen molar-refractivity contribution in [1.29, 1.82) is 0 Å². The Labute approximate surface area is 217 Å². The van der Waals surface area contributed by atoms with Crippen molar-refractivity contribution in [2.75, 3.05) is 58.6 Å². The van der Waals surface area contributed by atoms with Crippen LogP contribution in [0, 0.1) is 17.8 Å². The van der Waals surface area contributed by atoms with Crippen molar-refractivity contribution in [1.82, 2.24) is 0 Å². The summed E-state index contributed by atoms with van der Waals surface area (Å²) in [4.78, 5) is 11.7. The zero-order chi connectivity index (χ0) is 24.1. The summed E-state index contributed by atoms with van der Waals surface area (Å²) in [5, 5.41) is 0.376. The molecule has 0 spiro atoms. The van der Waals surface area contributed by atoms with E-state index in [1.165, 1.54) is 38.5 Å². The molecule has 0 aromatic carbocycles. The van der Waals surface area contributed by atoms with Gasteiger partial charge in [0.05, 0.1) is 51.8 Å². The van der Waals surface area contributed by atoms with Crippen LogP contribution in [0.3, 0.4) is 0 Å². The lowest BCUT2D eigenvalue weighted by Gasteiger charge is -2.56. The molecule has 1 atom stereocenters. The number of unbranched alkanes of at least 4 members (excludes halogenated alkanes) is 1. The van der Waals surface area contributed by atoms with Crippen LogP contribution in [0.5, 0.6) is 0 Å². The first-order chi connectivity index (χ1) is 16.6. The highest BCUT2D eigenvalue weighted by Gasteiger charge is 2.51. The zero-order valence-electron chi connectivity index (χ0n) is 20.8. The van der Waals surface area contributed by atoms with Crippen LogP contribution < -0.4 is 0 Å². The monoisotopic (exact) mass is 518 g/mol. The highest BCUT2D eigenvalue weighted by atomic mass is 32.1. The summed E-state index contributed by atoms with van der Waals surface area (Å²) in [6.45, 7) is 4.15. The maximum Gasteiger partial charge on any atom is 0.305 e. The molecule has 1 unspecified atom stereocenters. The zero-order valence-corrected chi connectivity index (χ0v) is 22.6. The molecule has 0 aromatic rings. The lowest BCUT2D eigenvalue weighted by Crippen LogP contribution is -2.52. The van der Waals surface area contributed by atoms with E-state index in [0.29, 0.717) is 64.5 Å². The van der Waals surface area contributed by atoms with E-state index in [-0.39, 0.29) is 11.6 Å². The van der Waals surface area contributed by atoms with Gasteiger partial charge in [-0.3, -0.25) is 4.79 Å². The summed E-state index contributed by atoms with van der Waals surface area (Å²) in [5.74, 6) is 3.44. The largest absolute Gasteiger partial charge is 0.463 e. The van der Waals surface area contributed by atoms with Crippen molar-refractivity contribution in [3.05, 3.63) is 0 Å². The van der Waals surface area contributed by atoms with Gasteiger partial charge in [0.15, 0.2) is 0 Å². The molecule has 6 nitrogen and oxygen atoms in total. The van der Waals surface area contributed by atoms with E-state index >= 15 is 0 Å². The Morgan fingerprint density at radius 1 is 0.765 bits per heavy atom. The number of rotatable bonds is 20. The van der Waals surface area contributed by atoms with Crippen molar-refractivity contribution in [3.8, 4) is 0 Å². The summed E-state index contributed by atoms with van der Waals surface area (Å²) in [6, 6.07) is 0. The topological polar surface area (TPSA) is 63.2 Å². The molecule has 34 heavy (non-hydrogen) atoms. The first kappa shape index (κ1) is 28.6. The van der Waals surface area contributed by atoms with Gasteiger partial charge >= 0.3 is 5.97 Å². The first-order valence-corrected chi connectivity index (χ1v) is 14.5. The quantitative estimate of drug-likeness (QED) is 0.138. The van der Waals surface area contributed by atoms with Crippen LogP contribution in [0.15, 0.2) is 0 Å². The fourth-order valence-corrected chi connectivity index (χ4v) is 7.12. The molecule has 0 amide bonds. The number of esters is 1. The summed E-state index contributed by atoms with van der Waals surface area (Å²) in [5.41, 5.74) is 0.169. The third-order valence-corrected chi connectivity index (χ3v) is 8.26. The molecule has 0 aromatic heterocycles. The first-order valence-electron chi connectivity index (χ1n) is 13.4. The molecule has 4 aliphatic carbocycles. The SMILES string of the molecule is O=C(CCCCC(S)CCS)OCCOCCOCCOCCOC12CC3CC(CC(C3)C1)C2. The summed E-state index contributed by atoms with van der Waals surface area (Å²) in [7, 11) is 0. The van der Waals surface area contributed by atoms with Gasteiger partial charge < -0.3 is 23.7 Å². The van der Waals surface area contributed by atoms with E-state index in [1.54, 1.807) is 0 Å². The van der Waals surface area contributed by atoms with Crippen LogP contribution in [0.4, 0.5) is 0 Å². The van der Waals surface area contributed by atoms with Crippen LogP contribution in [-0.4, -0.2) is 75.4 Å². The van der Waals surface area contributed by atoms with Crippen LogP contribution in [0.25, 0.3) is 0 Å². The van der Waals surface area contributed by atoms with E-state index in [0.717, 1.165) is 49.2 Å². The smallest absolute Gasteiger partial charge is 0.305 e. The molecule has 4 rings (SSSR count). The molecule has 198 valence electrons. The highest BCUT2D eigenvalue weighted by Crippen LogP contribution is 2.57. The van der Waals surface area contributed by atoms with Crippen LogP contribution in [0.1, 0.15) is 70.6 Å². The van der Waals surface area contributed by atoms with Gasteiger partial charge in [-0.2, -0.15) is 25.3 Å². The molecule has 4 aliphatic rings. The number of hydrogen-bond donors (Lipinski definition) is 2. The van der Waals surface area contributed by atoms with Crippen LogP contribution in [0.2, 0.25) is 0 Å². The lowest BCUT2D eigenvalue weighted by atomic mass is 9.54. The molecule has 0 heterocycles. The Kier molecular flexibility index (Phi) is 13.4. The Bertz CT molecular complexity index is 540. The van der Waals surface area contributed by atoms with Crippen LogP contribution in [-0.2, 0) is 28.5 Å². The number of carbonyl (C=O) groups excluding carboxylic acids is 1. The number of hydrogen-bond acceptors (Lipinski definition) is 8. The Morgan fingerprint density at radius 3 is 1.85 bits per heavy atom. The third kappa shape index (κ3) is 10.6. The summed E-state index contributed by atoms with van der Waals surface area (Å²) < 4.78 is 28.2. The van der Waals surface area contributed by atoms with E-state index < -0.39 is 0 Å². The van der Waals surface area contributed by atoms with Gasteiger partial charge in [0.25, 0.3) is 0 Å². The second-order valence-electron chi connectivity index (χ2n) is 10.4. The van der Waals surface area contributed by atoms with E-state index in [9.17, 15) is 4.79 Å². The standard InChI is InChI=1S/C26H46O6S2/c27-25(4-2-1-3-24(34)5-14-33)31-12-10-29-8-6-28-7-9-30-11-13-32-26-18-21-15-22(19-26)17-23(16-21)20-26/h21-24,33-34H,1-20H2. The molecule has 4 bridgehead atoms. The summed E-state index contributed by atoms with van der Waals surface area (Å²) in [6.07, 6.45) is 12.5. The minimum absolute atomic E-state index is 0.158. The number of carbonyl (C=O) groups is 1. The van der Waals surface area contributed by atoms with E-state index in [4.69, 9.17) is 23.7 Å². The van der Waals surface area contributed by atoms with Gasteiger partial charge in [-0.1, -0.05) is 6.42 Å². The Hall–Kier alpha value is 0.01000. The van der Waals surface area contributed by atoms with Crippen molar-refractivity contribution >= 4 is 31.2 Å². The van der Waals surface area contributed by atoms with Gasteiger partial charge in [-0.15, -0.1) is 0 Å². The Morgan fingerprint density at radius 2 is 1.29 bits per heavy atom. The van der Waals surface area contributed by atoms with Crippen LogP contribution >= 0.6 is 25.3 Å². The minimum Gasteiger partial charge on any atom is -0.463 e. The molecular weight excluding hydrogens is 472 g/mol. The second kappa shape index (κ2) is 16.0. The fraction of sp³-hybridized carbons (Fsp3) is 0.962. The van der Waals surface area contributed by atoms with Gasteiger partial charge in [0.1, 0.15) is 6.61 Å². The second-order valence-corrected chi connectivity index (χ2v) is 11.6. The van der Waals surface area contributed by atoms with Gasteiger partial charge in [-0.25, -0.2) is 0 Å². The number of ether oxygens (including phenoxy) is 5. The lowest BCUT2D eigenvalue weighted by molar-refractivity contribution is -0.169. The minimum atomic E-state index is -0.158. The normalized spacial score (nSPS) is 28.4. The third-order valence-electron chi connectivity index (χ3n) is 7.48. The van der Waals surface area contributed by atoms with Crippen molar-refractivity contribution in [2.45, 2.75) is 81.5 Å². The Balaban J connectivity index is 1.04. The maximum atomic E-state index is 11.7. The molecule has 4 fully saturated rings. The average molecular weight is 519 g/mol. The molecule has 0 N–H and O–H groups in total. The van der Waals surface area contributed by atoms with Gasteiger partial charge in [0.2, 0.25) is 0 Å². The van der Waals surface area contributed by atoms with Gasteiger partial charge in [-0.05, 0) is 81.3 Å². The maximum absolute atomic E-state index is 11.7. The number of thiol groups is 2. The van der Waals surface area contributed by atoms with Crippen molar-refractivity contribution < 1.29 is 28.5 Å². The molecule has 0 aliphatic heterocycles. The van der Waals surface area contributed by atoms with E-state index in [2.05, 4.69) is 25.3 Å². The molecular formula is C26H46O6S2. The predicted molar refractivity (Wildman–Crippen MR) is 140 cm³/mol. The highest BCUT2D eigenvalue weighted by molar-refractivity contribution is 7.81. The van der Waals surface area contributed by atoms with E-state index in [1.807, 2.05) is 0 Å². The average Bonchev–Trinajstić information content (AvgIpc) is 2.79. The molecule has 0 radical (unpaired) electrons. The van der Waals surface area contributed by atoms with Crippen molar-refractivity contribution in [2.24, 2.45) is 17.8 Å². The molecule has 4 saturated carbocycles. The fourth-order valence-electron chi connectivity index (χ4n) is 6.30.